The van der Waals surface area contributed by atoms with Gasteiger partial charge in [0, 0.05) is 5.92 Å². The molecule has 3 rings (SSSR count). The Kier molecular flexibility index (Phi) is 7.37. The molecular formula is C22H30F4O2. The van der Waals surface area contributed by atoms with Crippen molar-refractivity contribution in [2.75, 3.05) is 13.2 Å². The second kappa shape index (κ2) is 9.57. The van der Waals surface area contributed by atoms with Gasteiger partial charge in [-0.3, -0.25) is 0 Å². The van der Waals surface area contributed by atoms with Crippen LogP contribution in [-0.4, -0.2) is 31.9 Å². The molecule has 6 heteroatoms. The predicted molar refractivity (Wildman–Crippen MR) is 99.9 cm³/mol. The minimum Gasteiger partial charge on any atom is -0.347 e. The zero-order valence-corrected chi connectivity index (χ0v) is 16.4. The van der Waals surface area contributed by atoms with E-state index in [4.69, 9.17) is 9.47 Å². The van der Waals surface area contributed by atoms with Crippen molar-refractivity contribution in [3.63, 3.8) is 0 Å². The van der Waals surface area contributed by atoms with E-state index in [2.05, 4.69) is 31.2 Å². The molecule has 0 bridgehead atoms. The topological polar surface area (TPSA) is 18.5 Å². The van der Waals surface area contributed by atoms with E-state index in [0.29, 0.717) is 11.8 Å². The molecule has 0 spiro atoms. The van der Waals surface area contributed by atoms with Crippen LogP contribution in [0, 0.1) is 11.8 Å². The summed E-state index contributed by atoms with van der Waals surface area (Å²) in [6, 6.07) is 8.95. The maximum absolute atomic E-state index is 13.3. The van der Waals surface area contributed by atoms with Gasteiger partial charge >= 0.3 is 12.3 Å². The minimum atomic E-state index is -4.25. The summed E-state index contributed by atoms with van der Waals surface area (Å²) < 4.78 is 61.0. The molecule has 0 amide bonds. The van der Waals surface area contributed by atoms with Gasteiger partial charge < -0.3 is 9.47 Å². The minimum absolute atomic E-state index is 0.00374. The fourth-order valence-corrected chi connectivity index (χ4v) is 4.32. The Bertz CT molecular complexity index is 589. The standard InChI is InChI=1S/C22H30F4O2/c1-2-15-5-9-18(10-6-15)19-11-7-16(8-12-19)3-4-17-13-27-21(28-14-17)22(25,26)20(23)24/h5-6,9-10,16-17,19-21H,2-4,7-8,11-14H2,1H3. The molecule has 1 aromatic rings. The smallest absolute Gasteiger partial charge is 0.347 e. The van der Waals surface area contributed by atoms with Crippen LogP contribution in [0.25, 0.3) is 0 Å². The number of hydrogen-bond acceptors (Lipinski definition) is 2. The number of aryl methyl sites for hydroxylation is 1. The second-order valence-electron chi connectivity index (χ2n) is 8.23. The number of ether oxygens (including phenoxy) is 2. The van der Waals surface area contributed by atoms with E-state index in [1.54, 1.807) is 0 Å². The molecule has 1 saturated carbocycles. The lowest BCUT2D eigenvalue weighted by molar-refractivity contribution is -0.319. The highest BCUT2D eigenvalue weighted by Crippen LogP contribution is 2.39. The lowest BCUT2D eigenvalue weighted by Gasteiger charge is -2.34. The van der Waals surface area contributed by atoms with Crippen molar-refractivity contribution in [3.8, 4) is 0 Å². The highest BCUT2D eigenvalue weighted by molar-refractivity contribution is 5.25. The number of alkyl halides is 4. The fraction of sp³-hybridized carbons (Fsp3) is 0.727. The normalized spacial score (nSPS) is 29.2. The van der Waals surface area contributed by atoms with Crippen molar-refractivity contribution >= 4 is 0 Å². The summed E-state index contributed by atoms with van der Waals surface area (Å²) in [5.41, 5.74) is 2.79. The van der Waals surface area contributed by atoms with Crippen molar-refractivity contribution in [3.05, 3.63) is 35.4 Å². The third-order valence-electron chi connectivity index (χ3n) is 6.26. The average molecular weight is 402 g/mol. The molecule has 1 aromatic carbocycles. The molecule has 2 fully saturated rings. The molecule has 0 atom stereocenters. The van der Waals surface area contributed by atoms with Gasteiger partial charge in [-0.25, -0.2) is 8.78 Å². The van der Waals surface area contributed by atoms with Crippen molar-refractivity contribution in [2.24, 2.45) is 11.8 Å². The lowest BCUT2D eigenvalue weighted by atomic mass is 9.76. The Morgan fingerprint density at radius 2 is 1.50 bits per heavy atom. The third kappa shape index (κ3) is 5.26. The van der Waals surface area contributed by atoms with Crippen molar-refractivity contribution < 1.29 is 27.0 Å². The molecule has 0 radical (unpaired) electrons. The van der Waals surface area contributed by atoms with Gasteiger partial charge in [0.05, 0.1) is 13.2 Å². The van der Waals surface area contributed by atoms with E-state index in [-0.39, 0.29) is 19.1 Å². The fourth-order valence-electron chi connectivity index (χ4n) is 4.32. The van der Waals surface area contributed by atoms with E-state index < -0.39 is 18.6 Å². The zero-order chi connectivity index (χ0) is 20.1. The molecule has 1 heterocycles. The Balaban J connectivity index is 1.37. The Morgan fingerprint density at radius 3 is 2.04 bits per heavy atom. The molecule has 2 aliphatic rings. The van der Waals surface area contributed by atoms with Gasteiger partial charge in [-0.1, -0.05) is 37.6 Å². The molecule has 1 saturated heterocycles. The van der Waals surface area contributed by atoms with Crippen LogP contribution in [0.15, 0.2) is 24.3 Å². The van der Waals surface area contributed by atoms with Crippen LogP contribution in [0.4, 0.5) is 17.6 Å². The van der Waals surface area contributed by atoms with Crippen LogP contribution < -0.4 is 0 Å². The van der Waals surface area contributed by atoms with Crippen LogP contribution in [0.2, 0.25) is 0 Å². The maximum Gasteiger partial charge on any atom is 0.356 e. The number of rotatable bonds is 7. The van der Waals surface area contributed by atoms with Gasteiger partial charge in [-0.05, 0) is 61.5 Å². The highest BCUT2D eigenvalue weighted by Gasteiger charge is 2.52. The van der Waals surface area contributed by atoms with E-state index >= 15 is 0 Å². The summed E-state index contributed by atoms with van der Waals surface area (Å²) >= 11 is 0. The van der Waals surface area contributed by atoms with E-state index in [9.17, 15) is 17.6 Å². The van der Waals surface area contributed by atoms with Crippen LogP contribution in [-0.2, 0) is 15.9 Å². The molecule has 1 aliphatic carbocycles. The number of hydrogen-bond donors (Lipinski definition) is 0. The maximum atomic E-state index is 13.3. The summed E-state index contributed by atoms with van der Waals surface area (Å²) in [5, 5.41) is 0. The summed E-state index contributed by atoms with van der Waals surface area (Å²) in [7, 11) is 0. The molecule has 1 aliphatic heterocycles. The van der Waals surface area contributed by atoms with Crippen LogP contribution in [0.1, 0.15) is 62.5 Å². The predicted octanol–water partition coefficient (Wildman–Crippen LogP) is 6.19. The quantitative estimate of drug-likeness (QED) is 0.506. The van der Waals surface area contributed by atoms with Gasteiger partial charge in [0.1, 0.15) is 0 Å². The number of halogens is 4. The van der Waals surface area contributed by atoms with E-state index in [0.717, 1.165) is 19.3 Å². The first kappa shape index (κ1) is 21.6. The van der Waals surface area contributed by atoms with Gasteiger partial charge in [0.2, 0.25) is 6.29 Å². The number of benzene rings is 1. The van der Waals surface area contributed by atoms with Crippen LogP contribution in [0.3, 0.4) is 0 Å². The lowest BCUT2D eigenvalue weighted by Crippen LogP contribution is -2.48. The summed E-state index contributed by atoms with van der Waals surface area (Å²) in [6.07, 6.45) is 1.68. The molecule has 158 valence electrons. The first-order chi connectivity index (χ1) is 13.4. The van der Waals surface area contributed by atoms with Crippen molar-refractivity contribution in [1.82, 2.24) is 0 Å². The largest absolute Gasteiger partial charge is 0.356 e. The average Bonchev–Trinajstić information content (AvgIpc) is 2.73. The Hall–Kier alpha value is -1.14. The summed E-state index contributed by atoms with van der Waals surface area (Å²) in [4.78, 5) is 0. The van der Waals surface area contributed by atoms with Crippen molar-refractivity contribution in [1.29, 1.82) is 0 Å². The first-order valence-electron chi connectivity index (χ1n) is 10.4. The Morgan fingerprint density at radius 1 is 0.929 bits per heavy atom. The van der Waals surface area contributed by atoms with Gasteiger partial charge in [0.15, 0.2) is 0 Å². The van der Waals surface area contributed by atoms with Crippen LogP contribution >= 0.6 is 0 Å². The Labute approximate surface area is 164 Å². The van der Waals surface area contributed by atoms with Gasteiger partial charge in [-0.15, -0.1) is 0 Å². The zero-order valence-electron chi connectivity index (χ0n) is 16.4. The SMILES string of the molecule is CCc1ccc(C2CCC(CCC3COC(C(F)(F)C(F)F)OC3)CC2)cc1. The highest BCUT2D eigenvalue weighted by atomic mass is 19.3. The molecule has 0 unspecified atom stereocenters. The van der Waals surface area contributed by atoms with Crippen molar-refractivity contribution in [2.45, 2.75) is 76.4 Å². The molecular weight excluding hydrogens is 372 g/mol. The molecule has 0 N–H and O–H groups in total. The molecule has 0 aromatic heterocycles. The van der Waals surface area contributed by atoms with Gasteiger partial charge in [0.25, 0.3) is 0 Å². The van der Waals surface area contributed by atoms with Crippen LogP contribution in [0.5, 0.6) is 0 Å². The van der Waals surface area contributed by atoms with Gasteiger partial charge in [-0.2, -0.15) is 8.78 Å². The summed E-state index contributed by atoms with van der Waals surface area (Å²) in [6.45, 7) is 2.28. The summed E-state index contributed by atoms with van der Waals surface area (Å²) in [5.74, 6) is -2.99. The molecule has 2 nitrogen and oxygen atoms in total. The third-order valence-corrected chi connectivity index (χ3v) is 6.26. The van der Waals surface area contributed by atoms with E-state index in [1.165, 1.54) is 36.8 Å². The molecule has 28 heavy (non-hydrogen) atoms. The van der Waals surface area contributed by atoms with E-state index in [1.807, 2.05) is 0 Å². The first-order valence-corrected chi connectivity index (χ1v) is 10.4. The second-order valence-corrected chi connectivity index (χ2v) is 8.23. The monoisotopic (exact) mass is 402 g/mol.